The minimum absolute atomic E-state index is 0.168. The van der Waals surface area contributed by atoms with Gasteiger partial charge in [-0.1, -0.05) is 48.5 Å². The van der Waals surface area contributed by atoms with Crippen molar-refractivity contribution in [1.29, 1.82) is 0 Å². The zero-order valence-electron chi connectivity index (χ0n) is 16.3. The van der Waals surface area contributed by atoms with Crippen molar-refractivity contribution in [1.82, 2.24) is 19.6 Å². The predicted molar refractivity (Wildman–Crippen MR) is 110 cm³/mol. The second-order valence-corrected chi connectivity index (χ2v) is 7.45. The van der Waals surface area contributed by atoms with Crippen LogP contribution in [0.2, 0.25) is 0 Å². The topological polar surface area (TPSA) is 24.3 Å². The Morgan fingerprint density at radius 1 is 0.852 bits per heavy atom. The molecule has 0 amide bonds. The molecule has 0 spiro atoms. The Hall–Kier alpha value is -2.43. The zero-order chi connectivity index (χ0) is 18.6. The highest BCUT2D eigenvalue weighted by atomic mass is 15.4. The molecule has 1 unspecified atom stereocenters. The lowest BCUT2D eigenvalue weighted by molar-refractivity contribution is 0.0738. The van der Waals surface area contributed by atoms with Crippen molar-refractivity contribution in [2.75, 3.05) is 26.2 Å². The SMILES string of the molecule is Cc1ccccc1CN1CCN(C(c2ccccc2C)n2cccn2)CC1. The van der Waals surface area contributed by atoms with Gasteiger partial charge in [0.1, 0.15) is 6.17 Å². The van der Waals surface area contributed by atoms with E-state index in [2.05, 4.69) is 88.2 Å². The van der Waals surface area contributed by atoms with E-state index in [1.807, 2.05) is 12.3 Å². The molecule has 1 aliphatic rings. The van der Waals surface area contributed by atoms with E-state index in [1.165, 1.54) is 22.3 Å². The predicted octanol–water partition coefficient (Wildman–Crippen LogP) is 3.86. The largest absolute Gasteiger partial charge is 0.297 e. The van der Waals surface area contributed by atoms with Crippen molar-refractivity contribution in [3.63, 3.8) is 0 Å². The van der Waals surface area contributed by atoms with Crippen LogP contribution in [0.5, 0.6) is 0 Å². The quantitative estimate of drug-likeness (QED) is 0.690. The molecule has 1 aromatic heterocycles. The maximum absolute atomic E-state index is 4.57. The summed E-state index contributed by atoms with van der Waals surface area (Å²) in [5, 5.41) is 4.57. The molecule has 1 fully saturated rings. The molecule has 1 atom stereocenters. The summed E-state index contributed by atoms with van der Waals surface area (Å²) in [4.78, 5) is 5.13. The van der Waals surface area contributed by atoms with Crippen molar-refractivity contribution >= 4 is 0 Å². The van der Waals surface area contributed by atoms with Crippen LogP contribution in [0.4, 0.5) is 0 Å². The van der Waals surface area contributed by atoms with E-state index in [-0.39, 0.29) is 6.17 Å². The lowest BCUT2D eigenvalue weighted by Crippen LogP contribution is -2.49. The molecule has 4 heteroatoms. The van der Waals surface area contributed by atoms with E-state index in [0.29, 0.717) is 0 Å². The van der Waals surface area contributed by atoms with Gasteiger partial charge in [0.25, 0.3) is 0 Å². The number of aryl methyl sites for hydroxylation is 2. The van der Waals surface area contributed by atoms with Crippen molar-refractivity contribution in [3.05, 3.63) is 89.2 Å². The highest BCUT2D eigenvalue weighted by Crippen LogP contribution is 2.26. The average molecular weight is 361 g/mol. The first-order valence-corrected chi connectivity index (χ1v) is 9.78. The molecule has 2 aromatic carbocycles. The Balaban J connectivity index is 1.49. The molecular formula is C23H28N4. The maximum Gasteiger partial charge on any atom is 0.130 e. The van der Waals surface area contributed by atoms with Gasteiger partial charge in [-0.15, -0.1) is 0 Å². The summed E-state index contributed by atoms with van der Waals surface area (Å²) in [5.41, 5.74) is 5.48. The van der Waals surface area contributed by atoms with Crippen molar-refractivity contribution in [2.45, 2.75) is 26.6 Å². The fourth-order valence-corrected chi connectivity index (χ4v) is 4.00. The Kier molecular flexibility index (Phi) is 5.37. The van der Waals surface area contributed by atoms with Crippen LogP contribution in [0.15, 0.2) is 67.0 Å². The van der Waals surface area contributed by atoms with E-state index in [4.69, 9.17) is 0 Å². The van der Waals surface area contributed by atoms with Crippen LogP contribution in [0.25, 0.3) is 0 Å². The van der Waals surface area contributed by atoms with Gasteiger partial charge in [0.2, 0.25) is 0 Å². The highest BCUT2D eigenvalue weighted by Gasteiger charge is 2.27. The van der Waals surface area contributed by atoms with Gasteiger partial charge in [-0.2, -0.15) is 5.10 Å². The molecule has 0 bridgehead atoms. The van der Waals surface area contributed by atoms with Crippen LogP contribution in [0.1, 0.15) is 28.4 Å². The summed E-state index contributed by atoms with van der Waals surface area (Å²) < 4.78 is 2.10. The fraction of sp³-hybridized carbons (Fsp3) is 0.348. The maximum atomic E-state index is 4.57. The summed E-state index contributed by atoms with van der Waals surface area (Å²) in [6.07, 6.45) is 4.12. The molecular weight excluding hydrogens is 332 g/mol. The third-order valence-corrected chi connectivity index (χ3v) is 5.65. The third-order valence-electron chi connectivity index (χ3n) is 5.65. The van der Waals surface area contributed by atoms with Gasteiger partial charge < -0.3 is 0 Å². The van der Waals surface area contributed by atoms with Crippen LogP contribution in [-0.2, 0) is 6.54 Å². The molecule has 3 aromatic rings. The molecule has 4 rings (SSSR count). The first-order valence-electron chi connectivity index (χ1n) is 9.78. The standard InChI is InChI=1S/C23H28N4/c1-19-8-3-5-10-21(19)18-25-14-16-26(17-15-25)23(27-13-7-12-24-27)22-11-6-4-9-20(22)2/h3-13,23H,14-18H2,1-2H3. The number of aromatic nitrogens is 2. The van der Waals surface area contributed by atoms with Crippen LogP contribution < -0.4 is 0 Å². The number of benzene rings is 2. The molecule has 2 heterocycles. The summed E-state index contributed by atoms with van der Waals surface area (Å²) >= 11 is 0. The van der Waals surface area contributed by atoms with E-state index in [0.717, 1.165) is 32.7 Å². The second kappa shape index (κ2) is 8.07. The van der Waals surface area contributed by atoms with Gasteiger partial charge in [-0.3, -0.25) is 14.5 Å². The first kappa shape index (κ1) is 18.0. The summed E-state index contributed by atoms with van der Waals surface area (Å²) in [7, 11) is 0. The summed E-state index contributed by atoms with van der Waals surface area (Å²) in [6, 6.07) is 19.4. The van der Waals surface area contributed by atoms with Crippen molar-refractivity contribution in [3.8, 4) is 0 Å². The third kappa shape index (κ3) is 3.97. The monoisotopic (exact) mass is 360 g/mol. The number of nitrogens with zero attached hydrogens (tertiary/aromatic N) is 4. The van der Waals surface area contributed by atoms with Gasteiger partial charge in [-0.05, 0) is 42.2 Å². The zero-order valence-corrected chi connectivity index (χ0v) is 16.3. The Labute approximate surface area is 162 Å². The Bertz CT molecular complexity index is 864. The Morgan fingerprint density at radius 2 is 1.56 bits per heavy atom. The Morgan fingerprint density at radius 3 is 2.22 bits per heavy atom. The number of hydrogen-bond donors (Lipinski definition) is 0. The lowest BCUT2D eigenvalue weighted by Gasteiger charge is -2.40. The molecule has 140 valence electrons. The van der Waals surface area contributed by atoms with Gasteiger partial charge >= 0.3 is 0 Å². The van der Waals surface area contributed by atoms with Crippen molar-refractivity contribution < 1.29 is 0 Å². The smallest absolute Gasteiger partial charge is 0.130 e. The molecule has 1 aliphatic heterocycles. The number of hydrogen-bond acceptors (Lipinski definition) is 3. The van der Waals surface area contributed by atoms with Crippen LogP contribution in [0, 0.1) is 13.8 Å². The second-order valence-electron chi connectivity index (χ2n) is 7.45. The summed E-state index contributed by atoms with van der Waals surface area (Å²) in [5.74, 6) is 0. The van der Waals surface area contributed by atoms with Gasteiger partial charge in [0.05, 0.1) is 0 Å². The normalized spacial score (nSPS) is 17.1. The van der Waals surface area contributed by atoms with Crippen LogP contribution >= 0.6 is 0 Å². The van der Waals surface area contributed by atoms with Gasteiger partial charge in [0.15, 0.2) is 0 Å². The molecule has 1 saturated heterocycles. The minimum atomic E-state index is 0.168. The van der Waals surface area contributed by atoms with E-state index < -0.39 is 0 Å². The minimum Gasteiger partial charge on any atom is -0.297 e. The fourth-order valence-electron chi connectivity index (χ4n) is 4.00. The van der Waals surface area contributed by atoms with Crippen molar-refractivity contribution in [2.24, 2.45) is 0 Å². The molecule has 0 radical (unpaired) electrons. The number of piperazine rings is 1. The molecule has 0 N–H and O–H groups in total. The lowest BCUT2D eigenvalue weighted by atomic mass is 10.0. The van der Waals surface area contributed by atoms with E-state index >= 15 is 0 Å². The summed E-state index contributed by atoms with van der Waals surface area (Å²) in [6.45, 7) is 9.69. The van der Waals surface area contributed by atoms with Crippen LogP contribution in [-0.4, -0.2) is 45.8 Å². The average Bonchev–Trinajstić information content (AvgIpc) is 3.21. The highest BCUT2D eigenvalue weighted by molar-refractivity contribution is 5.29. The van der Waals surface area contributed by atoms with Crippen LogP contribution in [0.3, 0.4) is 0 Å². The molecule has 0 aliphatic carbocycles. The first-order chi connectivity index (χ1) is 13.2. The van der Waals surface area contributed by atoms with E-state index in [9.17, 15) is 0 Å². The molecule has 4 nitrogen and oxygen atoms in total. The van der Waals surface area contributed by atoms with Gasteiger partial charge in [-0.25, -0.2) is 0 Å². The number of rotatable bonds is 5. The van der Waals surface area contributed by atoms with Gasteiger partial charge in [0, 0.05) is 45.1 Å². The molecule has 0 saturated carbocycles. The molecule has 27 heavy (non-hydrogen) atoms. The van der Waals surface area contributed by atoms with E-state index in [1.54, 1.807) is 0 Å².